The smallest absolute Gasteiger partial charge is 0.0940 e. The molecule has 3 aliphatic carbocycles. The first-order chi connectivity index (χ1) is 10.1. The Kier molecular flexibility index (Phi) is 3.66. The molecule has 2 heteroatoms. The highest BCUT2D eigenvalue weighted by molar-refractivity contribution is 5.36. The minimum Gasteiger partial charge on any atom is -0.389 e. The lowest BCUT2D eigenvalue weighted by molar-refractivity contribution is -0.105. The summed E-state index contributed by atoms with van der Waals surface area (Å²) in [5.41, 5.74) is 2.90. The maximum Gasteiger partial charge on any atom is 0.0940 e. The van der Waals surface area contributed by atoms with Crippen molar-refractivity contribution in [2.45, 2.75) is 84.3 Å². The van der Waals surface area contributed by atoms with Crippen molar-refractivity contribution in [2.24, 2.45) is 16.7 Å². The lowest BCUT2D eigenvalue weighted by atomic mass is 9.57. The summed E-state index contributed by atoms with van der Waals surface area (Å²) in [6.07, 6.45) is 6.25. The van der Waals surface area contributed by atoms with Crippen LogP contribution in [0, 0.1) is 16.7 Å². The van der Waals surface area contributed by atoms with Gasteiger partial charge in [0.25, 0.3) is 0 Å². The van der Waals surface area contributed by atoms with Gasteiger partial charge in [-0.05, 0) is 61.9 Å². The fraction of sp³-hybridized carbons (Fsp3) is 0.800. The maximum atomic E-state index is 11.6. The Hall–Kier alpha value is -0.600. The summed E-state index contributed by atoms with van der Waals surface area (Å²) in [6, 6.07) is 0. The molecule has 0 unspecified atom stereocenters. The third kappa shape index (κ3) is 2.06. The summed E-state index contributed by atoms with van der Waals surface area (Å²) in [5.74, 6) is 0.605. The number of hydrogen-bond acceptors (Lipinski definition) is 2. The van der Waals surface area contributed by atoms with Crippen LogP contribution in [0.1, 0.15) is 72.6 Å². The SMILES string of the molecule is C=C1[C@H](O)CC[C@]2(C)CCC3=C(C(C)C)CC[C@@]3(C)C[C@@]12O. The summed E-state index contributed by atoms with van der Waals surface area (Å²) < 4.78 is 0. The molecule has 0 aromatic carbocycles. The van der Waals surface area contributed by atoms with Crippen LogP contribution in [0.15, 0.2) is 23.3 Å². The molecule has 3 aliphatic rings. The molecule has 2 saturated carbocycles. The third-order valence-corrected chi connectivity index (χ3v) is 7.23. The second kappa shape index (κ2) is 4.95. The summed E-state index contributed by atoms with van der Waals surface area (Å²) >= 11 is 0. The van der Waals surface area contributed by atoms with Crippen molar-refractivity contribution in [2.75, 3.05) is 0 Å². The molecule has 0 heterocycles. The lowest BCUT2D eigenvalue weighted by Gasteiger charge is -2.52. The molecule has 2 N–H and O–H groups in total. The molecule has 0 radical (unpaired) electrons. The highest BCUT2D eigenvalue weighted by atomic mass is 16.3. The second-order valence-corrected chi connectivity index (χ2v) is 8.90. The van der Waals surface area contributed by atoms with Crippen molar-refractivity contribution in [1.82, 2.24) is 0 Å². The molecule has 3 rings (SSSR count). The minimum absolute atomic E-state index is 0.0755. The van der Waals surface area contributed by atoms with E-state index in [0.717, 1.165) is 38.5 Å². The first-order valence-corrected chi connectivity index (χ1v) is 8.95. The number of aliphatic hydroxyl groups excluding tert-OH is 1. The van der Waals surface area contributed by atoms with Crippen LogP contribution in [0.4, 0.5) is 0 Å². The first kappa shape index (κ1) is 16.3. The quantitative estimate of drug-likeness (QED) is 0.706. The van der Waals surface area contributed by atoms with Gasteiger partial charge in [0.1, 0.15) is 0 Å². The number of rotatable bonds is 1. The highest BCUT2D eigenvalue weighted by Gasteiger charge is 2.58. The van der Waals surface area contributed by atoms with Crippen LogP contribution in [-0.2, 0) is 0 Å². The summed E-state index contributed by atoms with van der Waals surface area (Å²) in [7, 11) is 0. The van der Waals surface area contributed by atoms with Gasteiger partial charge in [-0.25, -0.2) is 0 Å². The molecule has 0 aromatic heterocycles. The van der Waals surface area contributed by atoms with E-state index in [1.54, 1.807) is 11.1 Å². The predicted octanol–water partition coefficient (Wildman–Crippen LogP) is 4.37. The van der Waals surface area contributed by atoms with Crippen LogP contribution >= 0.6 is 0 Å². The zero-order valence-electron chi connectivity index (χ0n) is 14.7. The van der Waals surface area contributed by atoms with E-state index in [2.05, 4.69) is 34.3 Å². The van der Waals surface area contributed by atoms with Crippen LogP contribution < -0.4 is 0 Å². The Bertz CT molecular complexity index is 532. The van der Waals surface area contributed by atoms with Crippen LogP contribution in [0.3, 0.4) is 0 Å². The number of aliphatic hydroxyl groups is 2. The van der Waals surface area contributed by atoms with Crippen molar-refractivity contribution in [3.05, 3.63) is 23.3 Å². The van der Waals surface area contributed by atoms with Crippen molar-refractivity contribution < 1.29 is 10.2 Å². The largest absolute Gasteiger partial charge is 0.389 e. The van der Waals surface area contributed by atoms with Crippen LogP contribution in [0.25, 0.3) is 0 Å². The Labute approximate surface area is 135 Å². The van der Waals surface area contributed by atoms with E-state index in [1.165, 1.54) is 6.42 Å². The molecule has 4 atom stereocenters. The average molecular weight is 304 g/mol. The van der Waals surface area contributed by atoms with E-state index in [9.17, 15) is 10.2 Å². The normalized spacial score (nSPS) is 45.8. The molecule has 22 heavy (non-hydrogen) atoms. The minimum atomic E-state index is -0.923. The Morgan fingerprint density at radius 3 is 2.45 bits per heavy atom. The monoisotopic (exact) mass is 304 g/mol. The van der Waals surface area contributed by atoms with Gasteiger partial charge in [-0.15, -0.1) is 0 Å². The van der Waals surface area contributed by atoms with Gasteiger partial charge >= 0.3 is 0 Å². The highest BCUT2D eigenvalue weighted by Crippen LogP contribution is 2.62. The van der Waals surface area contributed by atoms with E-state index >= 15 is 0 Å². The molecular weight excluding hydrogens is 272 g/mol. The van der Waals surface area contributed by atoms with Crippen molar-refractivity contribution in [1.29, 1.82) is 0 Å². The van der Waals surface area contributed by atoms with Gasteiger partial charge < -0.3 is 10.2 Å². The van der Waals surface area contributed by atoms with Crippen molar-refractivity contribution in [3.8, 4) is 0 Å². The topological polar surface area (TPSA) is 40.5 Å². The van der Waals surface area contributed by atoms with Crippen LogP contribution in [-0.4, -0.2) is 21.9 Å². The van der Waals surface area contributed by atoms with E-state index in [1.807, 2.05) is 0 Å². The average Bonchev–Trinajstić information content (AvgIpc) is 2.72. The molecule has 0 saturated heterocycles. The molecule has 0 aliphatic heterocycles. The van der Waals surface area contributed by atoms with Gasteiger partial charge in [0.15, 0.2) is 0 Å². The summed E-state index contributed by atoms with van der Waals surface area (Å²) in [5, 5.41) is 21.9. The predicted molar refractivity (Wildman–Crippen MR) is 90.5 cm³/mol. The standard InChI is InChI=1S/C20H32O2/c1-13(2)15-6-9-18(4)12-20(22)14(3)17(21)8-11-19(20,5)10-7-16(15)18/h13,17,21-22H,3,6-12H2,1-2,4-5H3/t17-,18+,19+,20-/m1/s1. The lowest BCUT2D eigenvalue weighted by Crippen LogP contribution is -2.55. The number of allylic oxidation sites excluding steroid dienone is 2. The van der Waals surface area contributed by atoms with E-state index in [-0.39, 0.29) is 10.8 Å². The van der Waals surface area contributed by atoms with Gasteiger partial charge in [0.2, 0.25) is 0 Å². The number of fused-ring (bicyclic) bond motifs is 2. The molecule has 124 valence electrons. The molecule has 0 spiro atoms. The molecule has 0 aromatic rings. The van der Waals surface area contributed by atoms with Gasteiger partial charge in [0.05, 0.1) is 11.7 Å². The van der Waals surface area contributed by atoms with Gasteiger partial charge in [0, 0.05) is 5.41 Å². The maximum absolute atomic E-state index is 11.6. The van der Waals surface area contributed by atoms with Gasteiger partial charge in [-0.1, -0.05) is 45.4 Å². The summed E-state index contributed by atoms with van der Waals surface area (Å²) in [4.78, 5) is 0. The zero-order chi connectivity index (χ0) is 16.3. The second-order valence-electron chi connectivity index (χ2n) is 8.90. The fourth-order valence-electron chi connectivity index (χ4n) is 5.52. The van der Waals surface area contributed by atoms with Crippen LogP contribution in [0.5, 0.6) is 0 Å². The Morgan fingerprint density at radius 1 is 1.14 bits per heavy atom. The molecule has 0 amide bonds. The van der Waals surface area contributed by atoms with Gasteiger partial charge in [-0.3, -0.25) is 0 Å². The molecular formula is C20H32O2. The molecule has 2 nitrogen and oxygen atoms in total. The first-order valence-electron chi connectivity index (χ1n) is 8.95. The van der Waals surface area contributed by atoms with Crippen molar-refractivity contribution in [3.63, 3.8) is 0 Å². The third-order valence-electron chi connectivity index (χ3n) is 7.23. The van der Waals surface area contributed by atoms with E-state index in [4.69, 9.17) is 0 Å². The Morgan fingerprint density at radius 2 is 1.82 bits per heavy atom. The summed E-state index contributed by atoms with van der Waals surface area (Å²) in [6.45, 7) is 13.3. The zero-order valence-corrected chi connectivity index (χ0v) is 14.7. The Balaban J connectivity index is 2.07. The van der Waals surface area contributed by atoms with Crippen LogP contribution in [0.2, 0.25) is 0 Å². The molecule has 0 bridgehead atoms. The van der Waals surface area contributed by atoms with Crippen molar-refractivity contribution >= 4 is 0 Å². The molecule has 2 fully saturated rings. The van der Waals surface area contributed by atoms with E-state index < -0.39 is 11.7 Å². The fourth-order valence-corrected chi connectivity index (χ4v) is 5.52. The van der Waals surface area contributed by atoms with Gasteiger partial charge in [-0.2, -0.15) is 0 Å². The van der Waals surface area contributed by atoms with E-state index in [0.29, 0.717) is 11.5 Å². The number of hydrogen-bond donors (Lipinski definition) is 2.